The van der Waals surface area contributed by atoms with Crippen LogP contribution in [-0.4, -0.2) is 61.3 Å². The molecule has 190 valence electrons. The van der Waals surface area contributed by atoms with Gasteiger partial charge in [0.05, 0.1) is 43.9 Å². The SMILES string of the molecule is COc1ncc(N2CCOc3ccc(O[C@H]4CCN(C(=O)C5CCC(OI)CC5)C4)cc32)cc1C#N. The summed E-state index contributed by atoms with van der Waals surface area (Å²) in [7, 11) is 1.50. The molecule has 1 aromatic carbocycles. The van der Waals surface area contributed by atoms with Crippen LogP contribution in [0, 0.1) is 17.2 Å². The van der Waals surface area contributed by atoms with Crippen molar-refractivity contribution in [3.63, 3.8) is 0 Å². The molecule has 1 aliphatic carbocycles. The van der Waals surface area contributed by atoms with E-state index in [1.165, 1.54) is 7.11 Å². The highest BCUT2D eigenvalue weighted by Gasteiger charge is 2.34. The second-order valence-corrected chi connectivity index (χ2v) is 9.88. The summed E-state index contributed by atoms with van der Waals surface area (Å²) in [4.78, 5) is 21.4. The Labute approximate surface area is 225 Å². The first-order valence-electron chi connectivity index (χ1n) is 12.3. The number of likely N-dealkylation sites (tertiary alicyclic amines) is 1. The van der Waals surface area contributed by atoms with E-state index in [4.69, 9.17) is 17.3 Å². The van der Waals surface area contributed by atoms with Crippen LogP contribution in [0.4, 0.5) is 11.4 Å². The van der Waals surface area contributed by atoms with E-state index in [-0.39, 0.29) is 24.0 Å². The maximum absolute atomic E-state index is 13.0. The third-order valence-electron chi connectivity index (χ3n) is 7.16. The second-order valence-electron chi connectivity index (χ2n) is 9.37. The standard InChI is InChI=1S/C26H29IN4O5/c1-33-25-18(14-28)12-19(15-29-25)31-10-11-34-24-7-6-21(13-23(24)31)35-22-8-9-30(16-22)26(32)17-2-4-20(36-27)5-3-17/h6-7,12-13,15,17,20,22H,2-5,8-11,16H2,1H3/t17?,20?,22-/m0/s1. The average Bonchev–Trinajstić information content (AvgIpc) is 3.40. The topological polar surface area (TPSA) is 97.2 Å². The Morgan fingerprint density at radius 3 is 2.75 bits per heavy atom. The molecule has 0 spiro atoms. The molecule has 1 saturated heterocycles. The molecule has 2 aliphatic heterocycles. The van der Waals surface area contributed by atoms with Crippen molar-refractivity contribution in [1.29, 1.82) is 5.26 Å². The highest BCUT2D eigenvalue weighted by molar-refractivity contribution is 14.1. The van der Waals surface area contributed by atoms with Gasteiger partial charge >= 0.3 is 0 Å². The molecule has 1 amide bonds. The van der Waals surface area contributed by atoms with Crippen molar-refractivity contribution in [2.75, 3.05) is 38.3 Å². The second kappa shape index (κ2) is 11.1. The zero-order chi connectivity index (χ0) is 25.1. The number of ether oxygens (including phenoxy) is 3. The zero-order valence-electron chi connectivity index (χ0n) is 20.2. The molecule has 0 radical (unpaired) electrons. The number of amides is 1. The van der Waals surface area contributed by atoms with Gasteiger partial charge in [0.25, 0.3) is 0 Å². The Kier molecular flexibility index (Phi) is 7.67. The van der Waals surface area contributed by atoms with Gasteiger partial charge in [0, 0.05) is 24.9 Å². The zero-order valence-corrected chi connectivity index (χ0v) is 22.3. The number of carbonyl (C=O) groups excluding carboxylic acids is 1. The van der Waals surface area contributed by atoms with E-state index in [1.54, 1.807) is 12.3 Å². The predicted molar refractivity (Wildman–Crippen MR) is 141 cm³/mol. The summed E-state index contributed by atoms with van der Waals surface area (Å²) >= 11 is 1.96. The molecular weight excluding hydrogens is 575 g/mol. The van der Waals surface area contributed by atoms with E-state index in [1.807, 2.05) is 46.1 Å². The van der Waals surface area contributed by atoms with Crippen molar-refractivity contribution in [1.82, 2.24) is 9.88 Å². The van der Waals surface area contributed by atoms with Crippen LogP contribution in [0.3, 0.4) is 0 Å². The fraction of sp³-hybridized carbons (Fsp3) is 0.500. The minimum Gasteiger partial charge on any atom is -0.490 e. The molecule has 10 heteroatoms. The molecule has 0 unspecified atom stereocenters. The Hall–Kier alpha value is -2.78. The average molecular weight is 604 g/mol. The van der Waals surface area contributed by atoms with Gasteiger partial charge in [-0.05, 0) is 43.9 Å². The van der Waals surface area contributed by atoms with Gasteiger partial charge in [0.1, 0.15) is 58.8 Å². The fourth-order valence-corrected chi connectivity index (χ4v) is 5.75. The Morgan fingerprint density at radius 2 is 2.00 bits per heavy atom. The smallest absolute Gasteiger partial charge is 0.231 e. The molecule has 1 atom stereocenters. The maximum Gasteiger partial charge on any atom is 0.231 e. The molecule has 1 saturated carbocycles. The first kappa shape index (κ1) is 24.9. The van der Waals surface area contributed by atoms with Crippen molar-refractivity contribution < 1.29 is 22.1 Å². The summed E-state index contributed by atoms with van der Waals surface area (Å²) in [6.45, 7) is 2.46. The van der Waals surface area contributed by atoms with Crippen molar-refractivity contribution in [3.05, 3.63) is 36.0 Å². The number of methoxy groups -OCH3 is 1. The number of hydrogen-bond acceptors (Lipinski definition) is 8. The summed E-state index contributed by atoms with van der Waals surface area (Å²) in [5.41, 5.74) is 2.02. The lowest BCUT2D eigenvalue weighted by Crippen LogP contribution is -2.38. The molecule has 3 aliphatic rings. The number of fused-ring (bicyclic) bond motifs is 1. The highest BCUT2D eigenvalue weighted by atomic mass is 127. The summed E-state index contributed by atoms with van der Waals surface area (Å²) in [5, 5.41) is 9.47. The Bertz CT molecular complexity index is 1150. The van der Waals surface area contributed by atoms with Gasteiger partial charge in [0.15, 0.2) is 0 Å². The lowest BCUT2D eigenvalue weighted by atomic mass is 9.86. The maximum atomic E-state index is 13.0. The molecular formula is C26H29IN4O5. The van der Waals surface area contributed by atoms with E-state index in [9.17, 15) is 10.1 Å². The molecule has 0 bridgehead atoms. The van der Waals surface area contributed by atoms with Crippen LogP contribution in [0.1, 0.15) is 37.7 Å². The summed E-state index contributed by atoms with van der Waals surface area (Å²) < 4.78 is 22.8. The Morgan fingerprint density at radius 1 is 1.17 bits per heavy atom. The van der Waals surface area contributed by atoms with Gasteiger partial charge in [-0.25, -0.2) is 4.98 Å². The molecule has 0 N–H and O–H groups in total. The van der Waals surface area contributed by atoms with Gasteiger partial charge in [-0.1, -0.05) is 0 Å². The number of nitriles is 1. The van der Waals surface area contributed by atoms with Gasteiger partial charge in [-0.3, -0.25) is 4.79 Å². The van der Waals surface area contributed by atoms with Gasteiger partial charge in [-0.2, -0.15) is 5.26 Å². The first-order chi connectivity index (χ1) is 17.6. The summed E-state index contributed by atoms with van der Waals surface area (Å²) in [6, 6.07) is 9.69. The number of benzene rings is 1. The molecule has 2 fully saturated rings. The van der Waals surface area contributed by atoms with Crippen LogP contribution in [0.25, 0.3) is 0 Å². The first-order valence-corrected chi connectivity index (χ1v) is 13.2. The molecule has 3 heterocycles. The van der Waals surface area contributed by atoms with E-state index in [2.05, 4.69) is 16.0 Å². The van der Waals surface area contributed by atoms with Crippen LogP contribution in [0.15, 0.2) is 30.5 Å². The summed E-state index contributed by atoms with van der Waals surface area (Å²) in [5.74, 6) is 2.12. The number of carbonyl (C=O) groups is 1. The number of halogens is 1. The number of rotatable bonds is 6. The lowest BCUT2D eigenvalue weighted by Gasteiger charge is -2.31. The number of hydrogen-bond donors (Lipinski definition) is 0. The molecule has 36 heavy (non-hydrogen) atoms. The summed E-state index contributed by atoms with van der Waals surface area (Å²) in [6.07, 6.45) is 6.40. The fourth-order valence-electron chi connectivity index (χ4n) is 5.24. The predicted octanol–water partition coefficient (Wildman–Crippen LogP) is 4.40. The van der Waals surface area contributed by atoms with Crippen LogP contribution in [0.5, 0.6) is 17.4 Å². The Balaban J connectivity index is 1.26. The molecule has 1 aromatic heterocycles. The third kappa shape index (κ3) is 5.18. The lowest BCUT2D eigenvalue weighted by molar-refractivity contribution is -0.136. The van der Waals surface area contributed by atoms with Crippen LogP contribution < -0.4 is 19.1 Å². The van der Waals surface area contributed by atoms with Crippen molar-refractivity contribution in [3.8, 4) is 23.4 Å². The monoisotopic (exact) mass is 604 g/mol. The quantitative estimate of drug-likeness (QED) is 0.448. The number of pyridine rings is 1. The minimum atomic E-state index is -0.0492. The van der Waals surface area contributed by atoms with Gasteiger partial charge < -0.3 is 27.1 Å². The molecule has 5 rings (SSSR count). The van der Waals surface area contributed by atoms with Crippen molar-refractivity contribution in [2.24, 2.45) is 5.92 Å². The van der Waals surface area contributed by atoms with Gasteiger partial charge in [0.2, 0.25) is 11.8 Å². The molecule has 2 aromatic rings. The van der Waals surface area contributed by atoms with Crippen LogP contribution in [0.2, 0.25) is 0 Å². The number of anilines is 2. The van der Waals surface area contributed by atoms with E-state index in [0.717, 1.165) is 61.5 Å². The number of nitrogens with zero attached hydrogens (tertiary/aromatic N) is 4. The normalized spacial score (nSPS) is 23.4. The van der Waals surface area contributed by atoms with Crippen LogP contribution >= 0.6 is 23.0 Å². The van der Waals surface area contributed by atoms with E-state index < -0.39 is 0 Å². The minimum absolute atomic E-state index is 0.0492. The van der Waals surface area contributed by atoms with Crippen molar-refractivity contribution >= 4 is 40.3 Å². The third-order valence-corrected chi connectivity index (χ3v) is 7.88. The van der Waals surface area contributed by atoms with Gasteiger partial charge in [-0.15, -0.1) is 0 Å². The van der Waals surface area contributed by atoms with E-state index >= 15 is 0 Å². The largest absolute Gasteiger partial charge is 0.490 e. The van der Waals surface area contributed by atoms with Crippen molar-refractivity contribution in [2.45, 2.75) is 44.3 Å². The van der Waals surface area contributed by atoms with E-state index in [0.29, 0.717) is 31.1 Å². The number of aromatic nitrogens is 1. The molecule has 9 nitrogen and oxygen atoms in total. The highest BCUT2D eigenvalue weighted by Crippen LogP contribution is 2.40. The van der Waals surface area contributed by atoms with Crippen LogP contribution in [-0.2, 0) is 7.86 Å².